The van der Waals surface area contributed by atoms with Gasteiger partial charge >= 0.3 is 11.9 Å². The van der Waals surface area contributed by atoms with Crippen LogP contribution in [0.3, 0.4) is 0 Å². The second-order valence-electron chi connectivity index (χ2n) is 3.84. The van der Waals surface area contributed by atoms with E-state index in [1.54, 1.807) is 0 Å². The van der Waals surface area contributed by atoms with Crippen LogP contribution in [0.1, 0.15) is 21.0 Å². The van der Waals surface area contributed by atoms with Gasteiger partial charge < -0.3 is 10.2 Å². The lowest BCUT2D eigenvalue weighted by atomic mass is 10.3. The van der Waals surface area contributed by atoms with E-state index in [1.165, 1.54) is 0 Å². The van der Waals surface area contributed by atoms with Gasteiger partial charge in [0.15, 0.2) is 11.4 Å². The van der Waals surface area contributed by atoms with Crippen molar-refractivity contribution in [2.24, 2.45) is 0 Å². The van der Waals surface area contributed by atoms with Gasteiger partial charge in [0.05, 0.1) is 0 Å². The first-order chi connectivity index (χ1) is 9.43. The standard InChI is InChI=1S/C10H4N4O6/c15-7-6-4(10(19)20)12-2-14(6)8(16)5-3(9(17)18)11-1-13(5)7/h1-2H,(H,17,18)(H,19,20). The van der Waals surface area contributed by atoms with Crippen LogP contribution in [0.4, 0.5) is 0 Å². The van der Waals surface area contributed by atoms with Gasteiger partial charge in [-0.15, -0.1) is 0 Å². The highest BCUT2D eigenvalue weighted by molar-refractivity contribution is 5.95. The van der Waals surface area contributed by atoms with Crippen LogP contribution in [-0.2, 0) is 0 Å². The van der Waals surface area contributed by atoms with E-state index in [0.717, 1.165) is 12.7 Å². The van der Waals surface area contributed by atoms with Crippen molar-refractivity contribution in [2.75, 3.05) is 0 Å². The molecular formula is C10H4N4O6. The van der Waals surface area contributed by atoms with Gasteiger partial charge in [0, 0.05) is 0 Å². The first kappa shape index (κ1) is 11.8. The molecule has 0 aromatic carbocycles. The van der Waals surface area contributed by atoms with Crippen molar-refractivity contribution in [2.45, 2.75) is 0 Å². The van der Waals surface area contributed by atoms with Crippen LogP contribution < -0.4 is 11.1 Å². The van der Waals surface area contributed by atoms with Crippen molar-refractivity contribution in [3.05, 3.63) is 44.8 Å². The SMILES string of the molecule is O=C(O)c1ncn2c(=O)c3c(C(=O)O)ncn3c(=O)c12. The first-order valence-electron chi connectivity index (χ1n) is 5.14. The van der Waals surface area contributed by atoms with Crippen LogP contribution in [0.5, 0.6) is 0 Å². The minimum atomic E-state index is -1.47. The third kappa shape index (κ3) is 1.27. The summed E-state index contributed by atoms with van der Waals surface area (Å²) in [5.41, 5.74) is -3.81. The van der Waals surface area contributed by atoms with E-state index in [0.29, 0.717) is 8.80 Å². The van der Waals surface area contributed by atoms with E-state index >= 15 is 0 Å². The number of rotatable bonds is 2. The zero-order valence-electron chi connectivity index (χ0n) is 9.47. The predicted octanol–water partition coefficient (Wildman–Crippen LogP) is -1.46. The highest BCUT2D eigenvalue weighted by Gasteiger charge is 2.23. The summed E-state index contributed by atoms with van der Waals surface area (Å²) in [7, 11) is 0. The van der Waals surface area contributed by atoms with E-state index in [2.05, 4.69) is 9.97 Å². The molecule has 10 heteroatoms. The molecule has 0 spiro atoms. The maximum atomic E-state index is 12.1. The molecule has 0 unspecified atom stereocenters. The number of carboxylic acids is 2. The monoisotopic (exact) mass is 276 g/mol. The molecule has 3 aromatic heterocycles. The van der Waals surface area contributed by atoms with Gasteiger partial charge in [-0.05, 0) is 0 Å². The number of hydrogen-bond donors (Lipinski definition) is 2. The molecule has 2 N–H and O–H groups in total. The minimum absolute atomic E-state index is 0.440. The fourth-order valence-electron chi connectivity index (χ4n) is 1.95. The van der Waals surface area contributed by atoms with Gasteiger partial charge in [-0.25, -0.2) is 19.6 Å². The van der Waals surface area contributed by atoms with Crippen molar-refractivity contribution in [3.63, 3.8) is 0 Å². The Morgan fingerprint density at radius 1 is 0.850 bits per heavy atom. The van der Waals surface area contributed by atoms with Crippen LogP contribution in [0, 0.1) is 0 Å². The summed E-state index contributed by atoms with van der Waals surface area (Å²) < 4.78 is 1.41. The van der Waals surface area contributed by atoms with E-state index in [9.17, 15) is 19.2 Å². The maximum Gasteiger partial charge on any atom is 0.356 e. The lowest BCUT2D eigenvalue weighted by Gasteiger charge is -1.96. The highest BCUT2D eigenvalue weighted by atomic mass is 16.4. The van der Waals surface area contributed by atoms with Gasteiger partial charge in [-0.3, -0.25) is 18.4 Å². The molecule has 0 atom stereocenters. The van der Waals surface area contributed by atoms with Gasteiger partial charge in [-0.2, -0.15) is 0 Å². The molecule has 3 rings (SSSR count). The van der Waals surface area contributed by atoms with E-state index < -0.39 is 45.5 Å². The number of nitrogens with zero attached hydrogens (tertiary/aromatic N) is 4. The third-order valence-electron chi connectivity index (χ3n) is 2.78. The van der Waals surface area contributed by atoms with Crippen LogP contribution in [0.2, 0.25) is 0 Å². The fraction of sp³-hybridized carbons (Fsp3) is 0. The lowest BCUT2D eigenvalue weighted by Crippen LogP contribution is -2.27. The Morgan fingerprint density at radius 2 is 1.20 bits per heavy atom. The number of fused-ring (bicyclic) bond motifs is 2. The molecule has 20 heavy (non-hydrogen) atoms. The van der Waals surface area contributed by atoms with Gasteiger partial charge in [0.2, 0.25) is 0 Å². The molecule has 0 saturated heterocycles. The summed E-state index contributed by atoms with van der Waals surface area (Å²) in [5.74, 6) is -2.94. The molecule has 0 amide bonds. The van der Waals surface area contributed by atoms with Gasteiger partial charge in [0.25, 0.3) is 11.1 Å². The zero-order valence-corrected chi connectivity index (χ0v) is 9.47. The second-order valence-corrected chi connectivity index (χ2v) is 3.84. The molecule has 0 bridgehead atoms. The Morgan fingerprint density at radius 3 is 1.50 bits per heavy atom. The fourth-order valence-corrected chi connectivity index (χ4v) is 1.95. The van der Waals surface area contributed by atoms with E-state index in [1.807, 2.05) is 0 Å². The number of aromatic nitrogens is 4. The quantitative estimate of drug-likeness (QED) is 0.577. The number of carboxylic acid groups (broad SMARTS) is 2. The molecule has 10 nitrogen and oxygen atoms in total. The Labute approximate surface area is 107 Å². The molecule has 3 aromatic rings. The molecule has 100 valence electrons. The van der Waals surface area contributed by atoms with Crippen molar-refractivity contribution < 1.29 is 19.8 Å². The van der Waals surface area contributed by atoms with Crippen LogP contribution in [0.15, 0.2) is 22.2 Å². The Hall–Kier alpha value is -3.30. The smallest absolute Gasteiger partial charge is 0.356 e. The molecular weight excluding hydrogens is 272 g/mol. The third-order valence-corrected chi connectivity index (χ3v) is 2.78. The minimum Gasteiger partial charge on any atom is -0.476 e. The molecule has 0 saturated carbocycles. The average molecular weight is 276 g/mol. The van der Waals surface area contributed by atoms with Crippen molar-refractivity contribution >= 4 is 23.0 Å². The largest absolute Gasteiger partial charge is 0.476 e. The van der Waals surface area contributed by atoms with E-state index in [-0.39, 0.29) is 0 Å². The molecule has 0 aliphatic heterocycles. The van der Waals surface area contributed by atoms with Crippen molar-refractivity contribution in [1.29, 1.82) is 0 Å². The summed E-state index contributed by atoms with van der Waals surface area (Å²) in [6.07, 6.45) is 1.72. The van der Waals surface area contributed by atoms with E-state index in [4.69, 9.17) is 10.2 Å². The number of aromatic carboxylic acids is 2. The first-order valence-corrected chi connectivity index (χ1v) is 5.14. The predicted molar refractivity (Wildman–Crippen MR) is 61.6 cm³/mol. The van der Waals surface area contributed by atoms with Crippen LogP contribution in [-0.4, -0.2) is 40.9 Å². The molecule has 0 aliphatic rings. The molecule has 0 aliphatic carbocycles. The van der Waals surface area contributed by atoms with Crippen molar-refractivity contribution in [3.8, 4) is 0 Å². The van der Waals surface area contributed by atoms with Gasteiger partial charge in [0.1, 0.15) is 23.7 Å². The molecule has 0 fully saturated rings. The maximum absolute atomic E-state index is 12.1. The summed E-state index contributed by atoms with van der Waals surface area (Å²) in [5, 5.41) is 17.8. The normalized spacial score (nSPS) is 11.2. The number of carbonyl (C=O) groups is 2. The van der Waals surface area contributed by atoms with Crippen molar-refractivity contribution in [1.82, 2.24) is 18.8 Å². The summed E-state index contributed by atoms with van der Waals surface area (Å²) in [6.45, 7) is 0. The van der Waals surface area contributed by atoms with Crippen LogP contribution >= 0.6 is 0 Å². The lowest BCUT2D eigenvalue weighted by molar-refractivity contribution is 0.0682. The molecule has 3 heterocycles. The number of imidazole rings is 2. The Balaban J connectivity index is 2.65. The van der Waals surface area contributed by atoms with Gasteiger partial charge in [-0.1, -0.05) is 0 Å². The Bertz CT molecular complexity index is 918. The summed E-state index contributed by atoms with van der Waals surface area (Å²) in [4.78, 5) is 53.1. The topological polar surface area (TPSA) is 143 Å². The Kier molecular flexibility index (Phi) is 2.12. The molecule has 0 radical (unpaired) electrons. The highest BCUT2D eigenvalue weighted by Crippen LogP contribution is 2.07. The summed E-state index contributed by atoms with van der Waals surface area (Å²) in [6, 6.07) is 0. The average Bonchev–Trinajstić information content (AvgIpc) is 3.00. The van der Waals surface area contributed by atoms with Crippen LogP contribution in [0.25, 0.3) is 11.0 Å². The second kappa shape index (κ2) is 3.60. The number of hydrogen-bond acceptors (Lipinski definition) is 6. The summed E-state index contributed by atoms with van der Waals surface area (Å²) >= 11 is 0. The zero-order chi connectivity index (χ0) is 14.6.